The highest BCUT2D eigenvalue weighted by Crippen LogP contribution is 2.29. The third kappa shape index (κ3) is 3.94. The van der Waals surface area contributed by atoms with Crippen molar-refractivity contribution >= 4 is 17.3 Å². The van der Waals surface area contributed by atoms with Crippen molar-refractivity contribution in [2.24, 2.45) is 0 Å². The molecule has 122 valence electrons. The van der Waals surface area contributed by atoms with Gasteiger partial charge in [-0.05, 0) is 19.1 Å². The van der Waals surface area contributed by atoms with E-state index in [0.717, 1.165) is 22.0 Å². The van der Waals surface area contributed by atoms with Crippen LogP contribution in [0.1, 0.15) is 6.92 Å². The first-order valence-corrected chi connectivity index (χ1v) is 8.25. The van der Waals surface area contributed by atoms with Crippen molar-refractivity contribution in [2.45, 2.75) is 6.92 Å². The number of nitrogens with zero attached hydrogens (tertiary/aromatic N) is 3. The third-order valence-corrected chi connectivity index (χ3v) is 3.96. The standard InChI is InChI=1S/C17H15N3O3S/c1-2-22-16(21)10-23-13-5-3-4-12(8-13)17-20-15(11-24-17)14-9-18-6-7-19-14/h3-9,11H,2,10H2,1H3. The van der Waals surface area contributed by atoms with Gasteiger partial charge in [0.15, 0.2) is 6.61 Å². The number of aromatic nitrogens is 3. The highest BCUT2D eigenvalue weighted by Gasteiger charge is 2.09. The van der Waals surface area contributed by atoms with Crippen LogP contribution in [0.4, 0.5) is 0 Å². The van der Waals surface area contributed by atoms with Crippen molar-refractivity contribution in [3.63, 3.8) is 0 Å². The molecule has 0 fully saturated rings. The first kappa shape index (κ1) is 16.1. The summed E-state index contributed by atoms with van der Waals surface area (Å²) in [5.41, 5.74) is 2.42. The van der Waals surface area contributed by atoms with Crippen molar-refractivity contribution in [2.75, 3.05) is 13.2 Å². The van der Waals surface area contributed by atoms with E-state index in [2.05, 4.69) is 15.0 Å². The predicted octanol–water partition coefficient (Wildman–Crippen LogP) is 3.21. The van der Waals surface area contributed by atoms with Gasteiger partial charge in [-0.15, -0.1) is 11.3 Å². The van der Waals surface area contributed by atoms with Gasteiger partial charge < -0.3 is 9.47 Å². The van der Waals surface area contributed by atoms with Gasteiger partial charge in [0.1, 0.15) is 22.1 Å². The van der Waals surface area contributed by atoms with E-state index in [9.17, 15) is 4.79 Å². The largest absolute Gasteiger partial charge is 0.482 e. The zero-order chi connectivity index (χ0) is 16.8. The highest BCUT2D eigenvalue weighted by molar-refractivity contribution is 7.13. The smallest absolute Gasteiger partial charge is 0.344 e. The minimum Gasteiger partial charge on any atom is -0.482 e. The van der Waals surface area contributed by atoms with Gasteiger partial charge in [-0.2, -0.15) is 0 Å². The average molecular weight is 341 g/mol. The number of carbonyl (C=O) groups excluding carboxylic acids is 1. The van der Waals surface area contributed by atoms with Crippen LogP contribution in [-0.2, 0) is 9.53 Å². The Hall–Kier alpha value is -2.80. The molecule has 2 aromatic heterocycles. The molecule has 0 N–H and O–H groups in total. The van der Waals surface area contributed by atoms with Crippen LogP contribution in [-0.4, -0.2) is 34.1 Å². The Morgan fingerprint density at radius 3 is 2.96 bits per heavy atom. The maximum absolute atomic E-state index is 11.4. The molecule has 6 nitrogen and oxygen atoms in total. The zero-order valence-corrected chi connectivity index (χ0v) is 13.8. The molecule has 7 heteroatoms. The minimum atomic E-state index is -0.387. The summed E-state index contributed by atoms with van der Waals surface area (Å²) in [7, 11) is 0. The number of ether oxygens (including phenoxy) is 2. The van der Waals surface area contributed by atoms with Crippen LogP contribution in [0.15, 0.2) is 48.2 Å². The fourth-order valence-corrected chi connectivity index (χ4v) is 2.83. The molecule has 0 radical (unpaired) electrons. The van der Waals surface area contributed by atoms with Crippen LogP contribution in [0, 0.1) is 0 Å². The maximum atomic E-state index is 11.4. The van der Waals surface area contributed by atoms with Gasteiger partial charge in [-0.1, -0.05) is 12.1 Å². The summed E-state index contributed by atoms with van der Waals surface area (Å²) in [6.45, 7) is 1.99. The topological polar surface area (TPSA) is 74.2 Å². The van der Waals surface area contributed by atoms with Crippen LogP contribution in [0.3, 0.4) is 0 Å². The van der Waals surface area contributed by atoms with Crippen LogP contribution in [0.2, 0.25) is 0 Å². The summed E-state index contributed by atoms with van der Waals surface area (Å²) in [5, 5.41) is 2.78. The van der Waals surface area contributed by atoms with Crippen molar-refractivity contribution < 1.29 is 14.3 Å². The first-order valence-electron chi connectivity index (χ1n) is 7.37. The highest BCUT2D eigenvalue weighted by atomic mass is 32.1. The summed E-state index contributed by atoms with van der Waals surface area (Å²) < 4.78 is 10.3. The molecule has 24 heavy (non-hydrogen) atoms. The molecule has 1 aromatic carbocycles. The van der Waals surface area contributed by atoms with E-state index in [1.807, 2.05) is 23.6 Å². The van der Waals surface area contributed by atoms with Gasteiger partial charge in [0.05, 0.1) is 12.8 Å². The van der Waals surface area contributed by atoms with Crippen molar-refractivity contribution in [1.29, 1.82) is 0 Å². The van der Waals surface area contributed by atoms with E-state index in [4.69, 9.17) is 9.47 Å². The molecular formula is C17H15N3O3S. The lowest BCUT2D eigenvalue weighted by atomic mass is 10.2. The fourth-order valence-electron chi connectivity index (χ4n) is 2.02. The molecule has 0 spiro atoms. The normalized spacial score (nSPS) is 10.4. The van der Waals surface area contributed by atoms with Crippen molar-refractivity contribution in [3.05, 3.63) is 48.2 Å². The molecule has 0 atom stereocenters. The number of hydrogen-bond donors (Lipinski definition) is 0. The molecule has 0 amide bonds. The van der Waals surface area contributed by atoms with Crippen molar-refractivity contribution in [1.82, 2.24) is 15.0 Å². The van der Waals surface area contributed by atoms with E-state index in [1.165, 1.54) is 11.3 Å². The molecule has 3 rings (SSSR count). The Morgan fingerprint density at radius 1 is 1.25 bits per heavy atom. The molecule has 2 heterocycles. The molecular weight excluding hydrogens is 326 g/mol. The molecule has 0 unspecified atom stereocenters. The maximum Gasteiger partial charge on any atom is 0.344 e. The van der Waals surface area contributed by atoms with Gasteiger partial charge in [0, 0.05) is 23.3 Å². The molecule has 0 saturated heterocycles. The Morgan fingerprint density at radius 2 is 2.17 bits per heavy atom. The van der Waals surface area contributed by atoms with Crippen LogP contribution < -0.4 is 4.74 Å². The van der Waals surface area contributed by atoms with Crippen LogP contribution in [0.25, 0.3) is 22.0 Å². The predicted molar refractivity (Wildman–Crippen MR) is 90.7 cm³/mol. The summed E-state index contributed by atoms with van der Waals surface area (Å²) >= 11 is 1.51. The Bertz CT molecular complexity index is 821. The second kappa shape index (κ2) is 7.65. The summed E-state index contributed by atoms with van der Waals surface area (Å²) in [6.07, 6.45) is 4.94. The number of hydrogen-bond acceptors (Lipinski definition) is 7. The number of rotatable bonds is 6. The van der Waals surface area contributed by atoms with E-state index < -0.39 is 0 Å². The molecule has 0 aliphatic carbocycles. The van der Waals surface area contributed by atoms with Crippen LogP contribution >= 0.6 is 11.3 Å². The van der Waals surface area contributed by atoms with Gasteiger partial charge in [0.2, 0.25) is 0 Å². The SMILES string of the molecule is CCOC(=O)COc1cccc(-c2nc(-c3cnccn3)cs2)c1. The quantitative estimate of drug-likeness (QED) is 0.641. The van der Waals surface area contributed by atoms with Crippen LogP contribution in [0.5, 0.6) is 5.75 Å². The average Bonchev–Trinajstić information content (AvgIpc) is 3.11. The number of carbonyl (C=O) groups is 1. The summed E-state index contributed by atoms with van der Waals surface area (Å²) in [5.74, 6) is 0.207. The second-order valence-corrected chi connectivity index (χ2v) is 5.61. The molecule has 0 aliphatic heterocycles. The molecule has 0 saturated carbocycles. The minimum absolute atomic E-state index is 0.111. The second-order valence-electron chi connectivity index (χ2n) is 4.75. The third-order valence-electron chi connectivity index (χ3n) is 3.07. The lowest BCUT2D eigenvalue weighted by molar-refractivity contribution is -0.145. The van der Waals surface area contributed by atoms with E-state index in [0.29, 0.717) is 12.4 Å². The number of thiazole rings is 1. The molecule has 3 aromatic rings. The lowest BCUT2D eigenvalue weighted by Gasteiger charge is -2.06. The number of esters is 1. The number of benzene rings is 1. The van der Waals surface area contributed by atoms with Crippen molar-refractivity contribution in [3.8, 4) is 27.7 Å². The van der Waals surface area contributed by atoms with Gasteiger partial charge in [-0.3, -0.25) is 9.97 Å². The summed E-state index contributed by atoms with van der Waals surface area (Å²) in [4.78, 5) is 24.2. The molecule has 0 bridgehead atoms. The lowest BCUT2D eigenvalue weighted by Crippen LogP contribution is -2.14. The molecule has 0 aliphatic rings. The van der Waals surface area contributed by atoms with Gasteiger partial charge in [-0.25, -0.2) is 9.78 Å². The van der Waals surface area contributed by atoms with E-state index in [1.54, 1.807) is 31.6 Å². The van der Waals surface area contributed by atoms with E-state index in [-0.39, 0.29) is 12.6 Å². The summed E-state index contributed by atoms with van der Waals surface area (Å²) in [6, 6.07) is 7.44. The Balaban J connectivity index is 1.75. The van der Waals surface area contributed by atoms with E-state index >= 15 is 0 Å². The Kier molecular flexibility index (Phi) is 5.12. The Labute approximate surface area is 143 Å². The monoisotopic (exact) mass is 341 g/mol. The van der Waals surface area contributed by atoms with Gasteiger partial charge >= 0.3 is 5.97 Å². The first-order chi connectivity index (χ1) is 11.8. The fraction of sp³-hybridized carbons (Fsp3) is 0.176. The zero-order valence-electron chi connectivity index (χ0n) is 13.0. The van der Waals surface area contributed by atoms with Gasteiger partial charge in [0.25, 0.3) is 0 Å².